The number of thiazole rings is 1. The van der Waals surface area contributed by atoms with Crippen LogP contribution in [0.2, 0.25) is 0 Å². The lowest BCUT2D eigenvalue weighted by Gasteiger charge is -2.16. The quantitative estimate of drug-likeness (QED) is 0.874. The van der Waals surface area contributed by atoms with Crippen molar-refractivity contribution in [1.82, 2.24) is 14.7 Å². The molecule has 0 bridgehead atoms. The van der Waals surface area contributed by atoms with Gasteiger partial charge in [-0.15, -0.1) is 11.3 Å². The average Bonchev–Trinajstić information content (AvgIpc) is 2.90. The summed E-state index contributed by atoms with van der Waals surface area (Å²) in [5.41, 5.74) is 1.10. The summed E-state index contributed by atoms with van der Waals surface area (Å²) in [6.07, 6.45) is 2.04. The van der Waals surface area contributed by atoms with E-state index in [0.29, 0.717) is 11.8 Å². The summed E-state index contributed by atoms with van der Waals surface area (Å²) in [7, 11) is 1.67. The van der Waals surface area contributed by atoms with Gasteiger partial charge in [0.05, 0.1) is 7.11 Å². The minimum Gasteiger partial charge on any atom is -0.480 e. The fourth-order valence-electron chi connectivity index (χ4n) is 1.79. The summed E-state index contributed by atoms with van der Waals surface area (Å²) >= 11 is 1.63. The molecule has 0 amide bonds. The Morgan fingerprint density at radius 2 is 2.22 bits per heavy atom. The van der Waals surface area contributed by atoms with E-state index in [1.54, 1.807) is 18.4 Å². The van der Waals surface area contributed by atoms with Crippen LogP contribution in [0.25, 0.3) is 4.96 Å². The van der Waals surface area contributed by atoms with Crippen molar-refractivity contribution in [3.05, 3.63) is 17.3 Å². The molecule has 0 fully saturated rings. The number of nitrogens with zero attached hydrogens (tertiary/aromatic N) is 2. The average molecular weight is 267 g/mol. The van der Waals surface area contributed by atoms with Crippen LogP contribution in [0.4, 0.5) is 0 Å². The van der Waals surface area contributed by atoms with E-state index in [2.05, 4.69) is 35.5 Å². The molecule has 2 aromatic rings. The topological polar surface area (TPSA) is 38.6 Å². The van der Waals surface area contributed by atoms with Gasteiger partial charge in [-0.1, -0.05) is 20.8 Å². The van der Waals surface area contributed by atoms with Crippen molar-refractivity contribution in [3.63, 3.8) is 0 Å². The van der Waals surface area contributed by atoms with Crippen LogP contribution in [0.15, 0.2) is 11.6 Å². The molecule has 100 valence electrons. The fraction of sp³-hybridized carbons (Fsp3) is 0.615. The Hall–Kier alpha value is -1.07. The number of aromatic nitrogens is 2. The van der Waals surface area contributed by atoms with Crippen LogP contribution in [-0.4, -0.2) is 23.0 Å². The second kappa shape index (κ2) is 5.71. The van der Waals surface area contributed by atoms with E-state index in [4.69, 9.17) is 4.74 Å². The Bertz CT molecular complexity index is 503. The molecule has 2 rings (SSSR count). The lowest BCUT2D eigenvalue weighted by molar-refractivity contribution is 0.378. The molecule has 0 aliphatic heterocycles. The van der Waals surface area contributed by atoms with Crippen molar-refractivity contribution in [3.8, 4) is 5.88 Å². The molecule has 0 saturated carbocycles. The highest BCUT2D eigenvalue weighted by molar-refractivity contribution is 7.15. The molecule has 2 aromatic heterocycles. The number of ether oxygens (including phenoxy) is 1. The Morgan fingerprint density at radius 3 is 2.89 bits per heavy atom. The first-order valence-corrected chi connectivity index (χ1v) is 7.20. The van der Waals surface area contributed by atoms with Crippen molar-refractivity contribution in [2.75, 3.05) is 13.7 Å². The van der Waals surface area contributed by atoms with Gasteiger partial charge >= 0.3 is 0 Å². The van der Waals surface area contributed by atoms with Gasteiger partial charge in [0.25, 0.3) is 0 Å². The Kier molecular flexibility index (Phi) is 4.24. The van der Waals surface area contributed by atoms with Crippen LogP contribution in [0, 0.1) is 11.8 Å². The van der Waals surface area contributed by atoms with Gasteiger partial charge in [-0.3, -0.25) is 4.40 Å². The molecule has 5 heteroatoms. The maximum atomic E-state index is 5.33. The third kappa shape index (κ3) is 2.67. The molecular formula is C13H21N3OS. The summed E-state index contributed by atoms with van der Waals surface area (Å²) < 4.78 is 7.42. The lowest BCUT2D eigenvalue weighted by Crippen LogP contribution is -2.24. The van der Waals surface area contributed by atoms with Crippen LogP contribution >= 0.6 is 11.3 Å². The number of hydrogen-bond donors (Lipinski definition) is 1. The molecule has 0 aliphatic rings. The van der Waals surface area contributed by atoms with E-state index in [0.717, 1.165) is 29.6 Å². The number of methoxy groups -OCH3 is 1. The molecule has 1 unspecified atom stereocenters. The van der Waals surface area contributed by atoms with Gasteiger partial charge in [-0.05, 0) is 18.4 Å². The van der Waals surface area contributed by atoms with Crippen LogP contribution in [0.5, 0.6) is 5.88 Å². The molecule has 1 atom stereocenters. The number of rotatable bonds is 6. The lowest BCUT2D eigenvalue weighted by atomic mass is 9.98. The second-order valence-electron chi connectivity index (χ2n) is 4.98. The number of hydrogen-bond acceptors (Lipinski definition) is 4. The van der Waals surface area contributed by atoms with Crippen LogP contribution < -0.4 is 10.1 Å². The predicted molar refractivity (Wildman–Crippen MR) is 75.3 cm³/mol. The van der Waals surface area contributed by atoms with Crippen molar-refractivity contribution in [2.45, 2.75) is 27.3 Å². The molecule has 2 heterocycles. The van der Waals surface area contributed by atoms with Gasteiger partial charge in [-0.2, -0.15) is 4.98 Å². The minimum absolute atomic E-state index is 0.668. The van der Waals surface area contributed by atoms with Crippen LogP contribution in [0.1, 0.15) is 26.5 Å². The van der Waals surface area contributed by atoms with Crippen molar-refractivity contribution in [1.29, 1.82) is 0 Å². The first kappa shape index (κ1) is 13.4. The van der Waals surface area contributed by atoms with E-state index in [-0.39, 0.29) is 0 Å². The smallest absolute Gasteiger partial charge is 0.237 e. The van der Waals surface area contributed by atoms with Gasteiger partial charge in [-0.25, -0.2) is 0 Å². The van der Waals surface area contributed by atoms with Gasteiger partial charge in [0.2, 0.25) is 5.88 Å². The first-order chi connectivity index (χ1) is 8.63. The monoisotopic (exact) mass is 267 g/mol. The normalized spacial score (nSPS) is 13.4. The highest BCUT2D eigenvalue weighted by Gasteiger charge is 2.14. The number of nitrogens with one attached hydrogen (secondary N) is 1. The van der Waals surface area contributed by atoms with Gasteiger partial charge in [0.15, 0.2) is 4.96 Å². The SMILES string of the molecule is COc1nc2sccn2c1CNCC(C)C(C)C. The van der Waals surface area contributed by atoms with E-state index < -0.39 is 0 Å². The highest BCUT2D eigenvalue weighted by atomic mass is 32.1. The third-order valence-corrected chi connectivity index (χ3v) is 4.17. The standard InChI is InChI=1S/C13H21N3OS/c1-9(2)10(3)7-14-8-11-12(17-4)15-13-16(11)5-6-18-13/h5-6,9-10,14H,7-8H2,1-4H3. The summed E-state index contributed by atoms with van der Waals surface area (Å²) in [5, 5.41) is 5.53. The first-order valence-electron chi connectivity index (χ1n) is 6.32. The van der Waals surface area contributed by atoms with E-state index >= 15 is 0 Å². The molecule has 18 heavy (non-hydrogen) atoms. The highest BCUT2D eigenvalue weighted by Crippen LogP contribution is 2.22. The fourth-order valence-corrected chi connectivity index (χ4v) is 2.52. The number of imidazole rings is 1. The molecule has 0 aromatic carbocycles. The number of fused-ring (bicyclic) bond motifs is 1. The minimum atomic E-state index is 0.668. The molecule has 0 aliphatic carbocycles. The zero-order valence-electron chi connectivity index (χ0n) is 11.4. The van der Waals surface area contributed by atoms with Crippen molar-refractivity contribution in [2.24, 2.45) is 11.8 Å². The molecule has 0 saturated heterocycles. The Labute approximate surface area is 112 Å². The van der Waals surface area contributed by atoms with Gasteiger partial charge < -0.3 is 10.1 Å². The molecule has 0 radical (unpaired) electrons. The second-order valence-corrected chi connectivity index (χ2v) is 5.85. The third-order valence-electron chi connectivity index (χ3n) is 3.41. The molecular weight excluding hydrogens is 246 g/mol. The largest absolute Gasteiger partial charge is 0.480 e. The summed E-state index contributed by atoms with van der Waals surface area (Å²) in [4.78, 5) is 5.43. The predicted octanol–water partition coefficient (Wildman–Crippen LogP) is 2.79. The van der Waals surface area contributed by atoms with Crippen LogP contribution in [-0.2, 0) is 6.54 Å². The summed E-state index contributed by atoms with van der Waals surface area (Å²) in [5.74, 6) is 2.10. The molecule has 0 spiro atoms. The zero-order chi connectivity index (χ0) is 13.1. The summed E-state index contributed by atoms with van der Waals surface area (Å²) in [6.45, 7) is 8.58. The van der Waals surface area contributed by atoms with Crippen LogP contribution in [0.3, 0.4) is 0 Å². The van der Waals surface area contributed by atoms with Gasteiger partial charge in [0.1, 0.15) is 5.69 Å². The zero-order valence-corrected chi connectivity index (χ0v) is 12.3. The Balaban J connectivity index is 2.04. The molecule has 4 nitrogen and oxygen atoms in total. The maximum Gasteiger partial charge on any atom is 0.237 e. The van der Waals surface area contributed by atoms with E-state index in [9.17, 15) is 0 Å². The molecule has 1 N–H and O–H groups in total. The van der Waals surface area contributed by atoms with E-state index in [1.807, 2.05) is 11.6 Å². The van der Waals surface area contributed by atoms with Crippen molar-refractivity contribution >= 4 is 16.3 Å². The Morgan fingerprint density at radius 1 is 1.44 bits per heavy atom. The van der Waals surface area contributed by atoms with Crippen molar-refractivity contribution < 1.29 is 4.74 Å². The summed E-state index contributed by atoms with van der Waals surface area (Å²) in [6, 6.07) is 0. The van der Waals surface area contributed by atoms with Gasteiger partial charge in [0, 0.05) is 18.1 Å². The maximum absolute atomic E-state index is 5.33. The van der Waals surface area contributed by atoms with E-state index in [1.165, 1.54) is 0 Å².